The first-order valence-corrected chi connectivity index (χ1v) is 9.84. The molecule has 0 radical (unpaired) electrons. The summed E-state index contributed by atoms with van der Waals surface area (Å²) in [4.78, 5) is 21.4. The number of aromatic nitrogens is 3. The molecule has 1 aromatic heterocycles. The van der Waals surface area contributed by atoms with Gasteiger partial charge in [0.25, 0.3) is 0 Å². The smallest absolute Gasteiger partial charge is 0.234 e. The fourth-order valence-corrected chi connectivity index (χ4v) is 4.36. The lowest BCUT2D eigenvalue weighted by molar-refractivity contribution is -0.123. The normalized spacial score (nSPS) is 26.6. The lowest BCUT2D eigenvalue weighted by Crippen LogP contribution is -2.49. The molecule has 1 N–H and O–H groups in total. The van der Waals surface area contributed by atoms with Crippen molar-refractivity contribution < 1.29 is 4.79 Å². The second-order valence-electron chi connectivity index (χ2n) is 7.97. The number of nitrogens with one attached hydrogen (secondary N) is 1. The standard InChI is InChI=1S/C18H30N6O/c25-18(21-16-5-8-23(9-6-16)17-3-4-17)12-22-7-1-2-15(10-22)11-24-14-19-13-20-24/h13-17H,1-12H2,(H,21,25)/t15-/m1/s1. The number of piperidine rings is 2. The van der Waals surface area contributed by atoms with Crippen molar-refractivity contribution in [2.75, 3.05) is 32.7 Å². The molecule has 138 valence electrons. The van der Waals surface area contributed by atoms with Crippen LogP contribution in [0.15, 0.2) is 12.7 Å². The van der Waals surface area contributed by atoms with Crippen molar-refractivity contribution in [1.82, 2.24) is 29.9 Å². The summed E-state index contributed by atoms with van der Waals surface area (Å²) in [7, 11) is 0. The quantitative estimate of drug-likeness (QED) is 0.823. The molecular weight excluding hydrogens is 316 g/mol. The van der Waals surface area contributed by atoms with E-state index in [1.54, 1.807) is 12.7 Å². The van der Waals surface area contributed by atoms with E-state index in [0.29, 0.717) is 18.5 Å². The highest BCUT2D eigenvalue weighted by molar-refractivity contribution is 5.78. The molecule has 0 spiro atoms. The van der Waals surface area contributed by atoms with Crippen LogP contribution in [0.2, 0.25) is 0 Å². The number of hydrogen-bond acceptors (Lipinski definition) is 5. The van der Waals surface area contributed by atoms with Crippen LogP contribution in [-0.4, -0.2) is 75.3 Å². The molecule has 0 aromatic carbocycles. The van der Waals surface area contributed by atoms with E-state index in [9.17, 15) is 4.79 Å². The fourth-order valence-electron chi connectivity index (χ4n) is 4.36. The molecule has 0 unspecified atom stereocenters. The summed E-state index contributed by atoms with van der Waals surface area (Å²) in [5, 5.41) is 7.47. The number of rotatable bonds is 6. The number of amides is 1. The Hall–Kier alpha value is -1.47. The van der Waals surface area contributed by atoms with Crippen LogP contribution in [0, 0.1) is 5.92 Å². The predicted molar refractivity (Wildman–Crippen MR) is 94.9 cm³/mol. The average molecular weight is 346 g/mol. The van der Waals surface area contributed by atoms with E-state index in [1.165, 1.54) is 19.3 Å². The highest BCUT2D eigenvalue weighted by Gasteiger charge is 2.32. The van der Waals surface area contributed by atoms with Gasteiger partial charge in [0, 0.05) is 38.3 Å². The highest BCUT2D eigenvalue weighted by atomic mass is 16.2. The SMILES string of the molecule is O=C(CN1CCC[C@@H](Cn2cncn2)C1)NC1CCN(C2CC2)CC1. The Morgan fingerprint density at radius 2 is 1.96 bits per heavy atom. The third kappa shape index (κ3) is 4.79. The maximum absolute atomic E-state index is 12.4. The zero-order chi connectivity index (χ0) is 17.1. The molecule has 1 saturated carbocycles. The van der Waals surface area contributed by atoms with E-state index in [2.05, 4.69) is 25.2 Å². The van der Waals surface area contributed by atoms with Gasteiger partial charge in [0.15, 0.2) is 0 Å². The minimum absolute atomic E-state index is 0.200. The van der Waals surface area contributed by atoms with Crippen molar-refractivity contribution >= 4 is 5.91 Å². The van der Waals surface area contributed by atoms with Gasteiger partial charge in [-0.05, 0) is 51.0 Å². The number of likely N-dealkylation sites (tertiary alicyclic amines) is 2. The minimum Gasteiger partial charge on any atom is -0.352 e. The van der Waals surface area contributed by atoms with Crippen LogP contribution in [-0.2, 0) is 11.3 Å². The third-order valence-corrected chi connectivity index (χ3v) is 5.84. The first kappa shape index (κ1) is 17.0. The van der Waals surface area contributed by atoms with Gasteiger partial charge in [0.2, 0.25) is 5.91 Å². The second-order valence-corrected chi connectivity index (χ2v) is 7.97. The topological polar surface area (TPSA) is 66.3 Å². The van der Waals surface area contributed by atoms with E-state index in [-0.39, 0.29) is 5.91 Å². The summed E-state index contributed by atoms with van der Waals surface area (Å²) in [5.74, 6) is 0.760. The van der Waals surface area contributed by atoms with Crippen molar-refractivity contribution in [1.29, 1.82) is 0 Å². The summed E-state index contributed by atoms with van der Waals surface area (Å²) in [6.45, 7) is 5.75. The zero-order valence-corrected chi connectivity index (χ0v) is 15.0. The fraction of sp³-hybridized carbons (Fsp3) is 0.833. The lowest BCUT2D eigenvalue weighted by Gasteiger charge is -2.34. The summed E-state index contributed by atoms with van der Waals surface area (Å²) in [6.07, 6.45) is 10.7. The van der Waals surface area contributed by atoms with Crippen molar-refractivity contribution in [3.8, 4) is 0 Å². The van der Waals surface area contributed by atoms with Gasteiger partial charge in [0.05, 0.1) is 6.54 Å². The molecule has 1 aliphatic carbocycles. The Morgan fingerprint density at radius 1 is 1.12 bits per heavy atom. The number of hydrogen-bond donors (Lipinski definition) is 1. The average Bonchev–Trinajstić information content (AvgIpc) is 3.33. The van der Waals surface area contributed by atoms with E-state index in [1.807, 2.05) is 4.68 Å². The Labute approximate surface area is 149 Å². The van der Waals surface area contributed by atoms with Crippen molar-refractivity contribution in [2.24, 2.45) is 5.92 Å². The van der Waals surface area contributed by atoms with E-state index in [4.69, 9.17) is 0 Å². The second kappa shape index (κ2) is 7.83. The van der Waals surface area contributed by atoms with E-state index in [0.717, 1.165) is 58.0 Å². The van der Waals surface area contributed by atoms with Gasteiger partial charge < -0.3 is 10.2 Å². The summed E-state index contributed by atoms with van der Waals surface area (Å²) in [5.41, 5.74) is 0. The van der Waals surface area contributed by atoms with E-state index < -0.39 is 0 Å². The third-order valence-electron chi connectivity index (χ3n) is 5.84. The molecule has 1 amide bonds. The Kier molecular flexibility index (Phi) is 5.31. The monoisotopic (exact) mass is 346 g/mol. The van der Waals surface area contributed by atoms with Crippen LogP contribution in [0.4, 0.5) is 0 Å². The van der Waals surface area contributed by atoms with Crippen LogP contribution in [0.3, 0.4) is 0 Å². The van der Waals surface area contributed by atoms with Gasteiger partial charge >= 0.3 is 0 Å². The van der Waals surface area contributed by atoms with Crippen LogP contribution >= 0.6 is 0 Å². The largest absolute Gasteiger partial charge is 0.352 e. The summed E-state index contributed by atoms with van der Waals surface area (Å²) >= 11 is 0. The van der Waals surface area contributed by atoms with E-state index >= 15 is 0 Å². The molecule has 3 heterocycles. The van der Waals surface area contributed by atoms with Gasteiger partial charge in [-0.1, -0.05) is 0 Å². The predicted octanol–water partition coefficient (Wildman–Crippen LogP) is 0.733. The van der Waals surface area contributed by atoms with Gasteiger partial charge in [-0.25, -0.2) is 4.98 Å². The Balaban J connectivity index is 1.18. The van der Waals surface area contributed by atoms with Crippen molar-refractivity contribution in [3.63, 3.8) is 0 Å². The van der Waals surface area contributed by atoms with Crippen molar-refractivity contribution in [3.05, 3.63) is 12.7 Å². The summed E-state index contributed by atoms with van der Waals surface area (Å²) in [6, 6.07) is 1.23. The number of carbonyl (C=O) groups excluding carboxylic acids is 1. The highest BCUT2D eigenvalue weighted by Crippen LogP contribution is 2.29. The molecule has 3 aliphatic rings. The molecule has 3 fully saturated rings. The maximum atomic E-state index is 12.4. The van der Waals surface area contributed by atoms with Gasteiger partial charge in [0.1, 0.15) is 12.7 Å². The van der Waals surface area contributed by atoms with Crippen LogP contribution in [0.1, 0.15) is 38.5 Å². The molecular formula is C18H30N6O. The molecule has 7 heteroatoms. The van der Waals surface area contributed by atoms with Crippen LogP contribution in [0.25, 0.3) is 0 Å². The zero-order valence-electron chi connectivity index (χ0n) is 15.0. The van der Waals surface area contributed by atoms with Crippen molar-refractivity contribution in [2.45, 2.75) is 57.2 Å². The lowest BCUT2D eigenvalue weighted by atomic mass is 9.98. The molecule has 2 aliphatic heterocycles. The number of nitrogens with zero attached hydrogens (tertiary/aromatic N) is 5. The van der Waals surface area contributed by atoms with Crippen LogP contribution < -0.4 is 5.32 Å². The molecule has 25 heavy (non-hydrogen) atoms. The number of carbonyl (C=O) groups is 1. The minimum atomic E-state index is 0.200. The van der Waals surface area contributed by atoms with Gasteiger partial charge in [-0.15, -0.1) is 0 Å². The Bertz CT molecular complexity index is 550. The molecule has 4 rings (SSSR count). The summed E-state index contributed by atoms with van der Waals surface area (Å²) < 4.78 is 1.90. The molecule has 2 saturated heterocycles. The molecule has 1 atom stereocenters. The van der Waals surface area contributed by atoms with Crippen LogP contribution in [0.5, 0.6) is 0 Å². The first-order valence-electron chi connectivity index (χ1n) is 9.84. The first-order chi connectivity index (χ1) is 12.3. The van der Waals surface area contributed by atoms with Gasteiger partial charge in [-0.3, -0.25) is 14.4 Å². The Morgan fingerprint density at radius 3 is 2.68 bits per heavy atom. The maximum Gasteiger partial charge on any atom is 0.234 e. The van der Waals surface area contributed by atoms with Gasteiger partial charge in [-0.2, -0.15) is 5.10 Å². The molecule has 1 aromatic rings. The molecule has 7 nitrogen and oxygen atoms in total. The molecule has 0 bridgehead atoms.